The van der Waals surface area contributed by atoms with Gasteiger partial charge in [0.2, 0.25) is 12.3 Å². The molecule has 3 heterocycles. The molecule has 1 saturated heterocycles. The smallest absolute Gasteiger partial charge is 0.335 e. The van der Waals surface area contributed by atoms with Crippen LogP contribution in [-0.4, -0.2) is 62.5 Å². The van der Waals surface area contributed by atoms with Crippen molar-refractivity contribution in [1.82, 2.24) is 4.98 Å². The molecule has 4 aromatic rings. The van der Waals surface area contributed by atoms with Crippen LogP contribution in [0.2, 0.25) is 0 Å². The number of benzene rings is 2. The van der Waals surface area contributed by atoms with Crippen molar-refractivity contribution in [2.24, 2.45) is 0 Å². The van der Waals surface area contributed by atoms with Crippen LogP contribution in [0.3, 0.4) is 0 Å². The first-order chi connectivity index (χ1) is 20.4. The van der Waals surface area contributed by atoms with Crippen LogP contribution >= 0.6 is 11.3 Å². The lowest BCUT2D eigenvalue weighted by molar-refractivity contribution is -0.108. The van der Waals surface area contributed by atoms with Gasteiger partial charge >= 0.3 is 5.97 Å². The highest BCUT2D eigenvalue weighted by Gasteiger charge is 2.30. The van der Waals surface area contributed by atoms with E-state index < -0.39 is 12.1 Å². The first kappa shape index (κ1) is 29.3. The summed E-state index contributed by atoms with van der Waals surface area (Å²) in [6.45, 7) is 3.39. The lowest BCUT2D eigenvalue weighted by atomic mass is 10.1. The number of rotatable bonds is 12. The maximum Gasteiger partial charge on any atom is 0.335 e. The van der Waals surface area contributed by atoms with E-state index in [9.17, 15) is 14.7 Å². The van der Waals surface area contributed by atoms with E-state index in [1.54, 1.807) is 36.4 Å². The van der Waals surface area contributed by atoms with Crippen LogP contribution in [0.5, 0.6) is 5.75 Å². The first-order valence-corrected chi connectivity index (χ1v) is 14.4. The van der Waals surface area contributed by atoms with E-state index in [0.717, 1.165) is 40.9 Å². The minimum absolute atomic E-state index is 0.0315. The average molecular weight is 592 g/mol. The topological polar surface area (TPSA) is 115 Å². The number of methoxy groups -OCH3 is 1. The fourth-order valence-electron chi connectivity index (χ4n) is 5.14. The highest BCUT2D eigenvalue weighted by molar-refractivity contribution is 7.20. The van der Waals surface area contributed by atoms with Crippen LogP contribution in [0.25, 0.3) is 10.8 Å². The van der Waals surface area contributed by atoms with Crippen LogP contribution < -0.4 is 14.5 Å². The number of carboxylic acids is 1. The molecule has 0 bridgehead atoms. The van der Waals surface area contributed by atoms with Gasteiger partial charge in [0.25, 0.3) is 0 Å². The summed E-state index contributed by atoms with van der Waals surface area (Å²) in [6, 6.07) is 14.3. The zero-order valence-corrected chi connectivity index (χ0v) is 24.5. The number of carboxylic acid groups (broad SMARTS) is 1. The van der Waals surface area contributed by atoms with Crippen molar-refractivity contribution in [2.75, 3.05) is 43.7 Å². The van der Waals surface area contributed by atoms with Crippen LogP contribution in [0, 0.1) is 6.92 Å². The number of hydrogen-bond acceptors (Lipinski definition) is 9. The lowest BCUT2D eigenvalue weighted by Crippen LogP contribution is -2.33. The summed E-state index contributed by atoms with van der Waals surface area (Å²) in [6.07, 6.45) is 4.87. The summed E-state index contributed by atoms with van der Waals surface area (Å²) in [5.74, 6) is 0.0850. The van der Waals surface area contributed by atoms with Gasteiger partial charge in [-0.15, -0.1) is 11.3 Å². The van der Waals surface area contributed by atoms with Gasteiger partial charge < -0.3 is 33.5 Å². The number of anilines is 3. The average Bonchev–Trinajstić information content (AvgIpc) is 3.67. The first-order valence-electron chi connectivity index (χ1n) is 13.6. The van der Waals surface area contributed by atoms with Gasteiger partial charge in [-0.05, 0) is 49.6 Å². The highest BCUT2D eigenvalue weighted by Crippen LogP contribution is 2.49. The van der Waals surface area contributed by atoms with Gasteiger partial charge in [-0.3, -0.25) is 4.79 Å². The molecule has 0 aliphatic carbocycles. The molecular formula is C31H33N3O7S. The highest BCUT2D eigenvalue weighted by atomic mass is 32.1. The Labute approximate surface area is 248 Å². The van der Waals surface area contributed by atoms with E-state index in [2.05, 4.69) is 4.98 Å². The fraction of sp³-hybridized carbons (Fsp3) is 0.323. The fourth-order valence-corrected chi connectivity index (χ4v) is 6.39. The van der Waals surface area contributed by atoms with E-state index in [4.69, 9.17) is 18.6 Å². The van der Waals surface area contributed by atoms with Gasteiger partial charge in [0, 0.05) is 31.5 Å². The lowest BCUT2D eigenvalue weighted by Gasteiger charge is -2.32. The van der Waals surface area contributed by atoms with Crippen molar-refractivity contribution in [2.45, 2.75) is 32.0 Å². The van der Waals surface area contributed by atoms with Crippen LogP contribution in [0.4, 0.5) is 16.4 Å². The number of aromatic carboxylic acids is 1. The van der Waals surface area contributed by atoms with Gasteiger partial charge in [-0.25, -0.2) is 9.78 Å². The van der Waals surface area contributed by atoms with Crippen molar-refractivity contribution >= 4 is 40.1 Å². The number of hydrogen-bond donors (Lipinski definition) is 1. The largest absolute Gasteiger partial charge is 0.496 e. The predicted octanol–water partition coefficient (Wildman–Crippen LogP) is 6.09. The van der Waals surface area contributed by atoms with Gasteiger partial charge in [0.15, 0.2) is 0 Å². The second kappa shape index (κ2) is 13.2. The van der Waals surface area contributed by atoms with E-state index in [-0.39, 0.29) is 18.2 Å². The molecular weight excluding hydrogens is 558 g/mol. The molecule has 1 amide bonds. The van der Waals surface area contributed by atoms with Gasteiger partial charge in [-0.2, -0.15) is 0 Å². The number of thiophene rings is 1. The van der Waals surface area contributed by atoms with Crippen LogP contribution in [-0.2, 0) is 14.3 Å². The molecule has 42 heavy (non-hydrogen) atoms. The molecule has 5 rings (SSSR count). The minimum atomic E-state index is -1.02. The SMILES string of the molecule is COc1ccccc1C(CN(C=O)c1sc(-c2ncco2)c(C)c1N(C)c1cccc(C(=O)O)c1)OC1CCOCC1. The molecule has 220 valence electrons. The summed E-state index contributed by atoms with van der Waals surface area (Å²) in [7, 11) is 3.46. The number of nitrogens with zero attached hydrogens (tertiary/aromatic N) is 3. The number of ether oxygens (including phenoxy) is 3. The Kier molecular flexibility index (Phi) is 9.21. The molecule has 2 aromatic carbocycles. The predicted molar refractivity (Wildman–Crippen MR) is 160 cm³/mol. The maximum atomic E-state index is 12.9. The van der Waals surface area contributed by atoms with Crippen molar-refractivity contribution < 1.29 is 33.3 Å². The van der Waals surface area contributed by atoms with E-state index >= 15 is 0 Å². The number of aromatic nitrogens is 1. The molecule has 1 unspecified atom stereocenters. The third-order valence-electron chi connectivity index (χ3n) is 7.30. The van der Waals surface area contributed by atoms with Crippen molar-refractivity contribution in [3.05, 3.63) is 77.7 Å². The summed E-state index contributed by atoms with van der Waals surface area (Å²) in [4.78, 5) is 33.2. The third-order valence-corrected chi connectivity index (χ3v) is 8.61. The molecule has 1 atom stereocenters. The van der Waals surface area contributed by atoms with Crippen molar-refractivity contribution in [3.63, 3.8) is 0 Å². The van der Waals surface area contributed by atoms with E-state index in [0.29, 0.717) is 35.5 Å². The Morgan fingerprint density at radius 1 is 1.21 bits per heavy atom. The molecule has 1 fully saturated rings. The van der Waals surface area contributed by atoms with E-state index in [1.807, 2.05) is 49.2 Å². The van der Waals surface area contributed by atoms with Gasteiger partial charge in [0.05, 0.1) is 42.1 Å². The Hall–Kier alpha value is -4.19. The number of amides is 1. The summed E-state index contributed by atoms with van der Waals surface area (Å²) in [5, 5.41) is 10.2. The van der Waals surface area contributed by atoms with Crippen LogP contribution in [0.1, 0.15) is 40.4 Å². The zero-order valence-electron chi connectivity index (χ0n) is 23.7. The standard InChI is InChI=1S/C31H33N3O7S/c1-20-27(33(2)22-8-6-7-21(17-22)31(36)37)30(42-28(20)29-32-13-16-40-29)34(19-35)18-26(41-23-11-14-39-15-12-23)24-9-4-5-10-25(24)38-3/h4-10,13,16-17,19,23,26H,11-12,14-15,18H2,1-3H3,(H,36,37). The van der Waals surface area contributed by atoms with Crippen molar-refractivity contribution in [1.29, 1.82) is 0 Å². The molecule has 2 aromatic heterocycles. The Bertz CT molecular complexity index is 1510. The van der Waals surface area contributed by atoms with Crippen molar-refractivity contribution in [3.8, 4) is 16.5 Å². The van der Waals surface area contributed by atoms with E-state index in [1.165, 1.54) is 17.6 Å². The monoisotopic (exact) mass is 591 g/mol. The second-order valence-electron chi connectivity index (χ2n) is 9.90. The third kappa shape index (κ3) is 6.18. The number of para-hydroxylation sites is 1. The molecule has 10 nitrogen and oxygen atoms in total. The Morgan fingerprint density at radius 3 is 2.69 bits per heavy atom. The minimum Gasteiger partial charge on any atom is -0.496 e. The molecule has 11 heteroatoms. The number of carbonyl (C=O) groups excluding carboxylic acids is 1. The second-order valence-corrected chi connectivity index (χ2v) is 10.9. The summed E-state index contributed by atoms with van der Waals surface area (Å²) < 4.78 is 23.5. The van der Waals surface area contributed by atoms with Gasteiger partial charge in [0.1, 0.15) is 23.1 Å². The quantitative estimate of drug-likeness (QED) is 0.196. The number of oxazole rings is 1. The summed E-state index contributed by atoms with van der Waals surface area (Å²) in [5.41, 5.74) is 3.22. The maximum absolute atomic E-state index is 12.9. The molecule has 0 saturated carbocycles. The molecule has 1 N–H and O–H groups in total. The Balaban J connectivity index is 1.58. The zero-order chi connectivity index (χ0) is 29.6. The molecule has 0 radical (unpaired) electrons. The van der Waals surface area contributed by atoms with Gasteiger partial charge in [-0.1, -0.05) is 24.3 Å². The molecule has 0 spiro atoms. The van der Waals surface area contributed by atoms with Crippen LogP contribution in [0.15, 0.2) is 65.4 Å². The summed E-state index contributed by atoms with van der Waals surface area (Å²) >= 11 is 1.38. The molecule has 1 aliphatic rings. The normalized spacial score (nSPS) is 14.4. The molecule has 1 aliphatic heterocycles. The number of carbonyl (C=O) groups is 2. The Morgan fingerprint density at radius 2 is 2.00 bits per heavy atom.